The largest absolute Gasteiger partial charge is 0.493 e. The van der Waals surface area contributed by atoms with E-state index in [2.05, 4.69) is 11.8 Å². The number of hydrogen-bond donors (Lipinski definition) is 0. The highest BCUT2D eigenvalue weighted by atomic mass is 35.5. The van der Waals surface area contributed by atoms with Crippen LogP contribution in [0.15, 0.2) is 18.2 Å². The number of ether oxygens (including phenoxy) is 1. The number of hydrogen-bond acceptors (Lipinski definition) is 1. The van der Waals surface area contributed by atoms with Crippen LogP contribution in [0.25, 0.3) is 0 Å². The van der Waals surface area contributed by atoms with Gasteiger partial charge in [0.15, 0.2) is 0 Å². The Labute approximate surface area is 107 Å². The zero-order valence-corrected chi connectivity index (χ0v) is 9.91. The fourth-order valence-electron chi connectivity index (χ4n) is 1.10. The molecule has 18 heavy (non-hydrogen) atoms. The molecule has 0 aromatic heterocycles. The van der Waals surface area contributed by atoms with E-state index < -0.39 is 25.0 Å². The van der Waals surface area contributed by atoms with Gasteiger partial charge in [0, 0.05) is 6.07 Å². The predicted octanol–water partition coefficient (Wildman–Crippen LogP) is 3.75. The average molecular weight is 281 g/mol. The molecular weight excluding hydrogens is 272 g/mol. The third kappa shape index (κ3) is 5.28. The van der Waals surface area contributed by atoms with Crippen molar-refractivity contribution in [3.8, 4) is 17.6 Å². The van der Waals surface area contributed by atoms with Crippen LogP contribution in [0, 0.1) is 17.7 Å². The molecule has 0 aliphatic heterocycles. The van der Waals surface area contributed by atoms with Gasteiger partial charge in [0.05, 0.1) is 24.5 Å². The number of rotatable bonds is 3. The van der Waals surface area contributed by atoms with Crippen LogP contribution in [0.1, 0.15) is 12.0 Å². The van der Waals surface area contributed by atoms with Crippen LogP contribution < -0.4 is 4.74 Å². The molecule has 0 aliphatic rings. The van der Waals surface area contributed by atoms with Crippen molar-refractivity contribution in [3.05, 3.63) is 29.6 Å². The van der Waals surface area contributed by atoms with E-state index >= 15 is 0 Å². The number of halogens is 5. The lowest BCUT2D eigenvalue weighted by atomic mass is 10.2. The average Bonchev–Trinajstić information content (AvgIpc) is 2.26. The molecule has 0 bridgehead atoms. The Balaban J connectivity index is 2.62. The molecule has 0 unspecified atom stereocenters. The molecular formula is C12H9ClF4O. The Hall–Kier alpha value is -1.41. The summed E-state index contributed by atoms with van der Waals surface area (Å²) in [6, 6.07) is 3.68. The van der Waals surface area contributed by atoms with E-state index in [9.17, 15) is 17.6 Å². The summed E-state index contributed by atoms with van der Waals surface area (Å²) in [6.45, 7) is -0.546. The van der Waals surface area contributed by atoms with E-state index in [4.69, 9.17) is 16.3 Å². The van der Waals surface area contributed by atoms with Crippen LogP contribution in [0.3, 0.4) is 0 Å². The van der Waals surface area contributed by atoms with Gasteiger partial charge in [-0.15, -0.1) is 11.6 Å². The molecule has 1 rings (SSSR count). The minimum atomic E-state index is -4.29. The molecule has 0 aliphatic carbocycles. The second-order valence-electron chi connectivity index (χ2n) is 3.29. The van der Waals surface area contributed by atoms with Crippen LogP contribution in [-0.4, -0.2) is 18.7 Å². The lowest BCUT2D eigenvalue weighted by Gasteiger charge is -2.08. The molecule has 1 aromatic carbocycles. The predicted molar refractivity (Wildman–Crippen MR) is 60.2 cm³/mol. The first-order valence-electron chi connectivity index (χ1n) is 4.96. The number of benzene rings is 1. The highest BCUT2D eigenvalue weighted by molar-refractivity contribution is 6.19. The van der Waals surface area contributed by atoms with Gasteiger partial charge in [-0.25, -0.2) is 4.39 Å². The van der Waals surface area contributed by atoms with Crippen molar-refractivity contribution in [2.75, 3.05) is 12.5 Å². The van der Waals surface area contributed by atoms with Crippen LogP contribution in [0.2, 0.25) is 0 Å². The molecule has 0 saturated heterocycles. The second-order valence-corrected chi connectivity index (χ2v) is 3.56. The number of alkyl halides is 4. The van der Waals surface area contributed by atoms with Gasteiger partial charge in [0.1, 0.15) is 11.6 Å². The van der Waals surface area contributed by atoms with Crippen molar-refractivity contribution in [1.82, 2.24) is 0 Å². The van der Waals surface area contributed by atoms with Crippen molar-refractivity contribution in [1.29, 1.82) is 0 Å². The molecule has 0 atom stereocenters. The SMILES string of the molecule is Fc1cc(OCCC(F)(F)F)ccc1C#CCCl. The fourth-order valence-corrected chi connectivity index (χ4v) is 1.17. The topological polar surface area (TPSA) is 9.23 Å². The Kier molecular flexibility index (Phi) is 5.29. The maximum Gasteiger partial charge on any atom is 0.392 e. The van der Waals surface area contributed by atoms with E-state index in [0.717, 1.165) is 6.07 Å². The highest BCUT2D eigenvalue weighted by Crippen LogP contribution is 2.21. The third-order valence-corrected chi connectivity index (χ3v) is 2.02. The minimum Gasteiger partial charge on any atom is -0.493 e. The summed E-state index contributed by atoms with van der Waals surface area (Å²) in [4.78, 5) is 0. The lowest BCUT2D eigenvalue weighted by Crippen LogP contribution is -2.13. The Morgan fingerprint density at radius 2 is 2.00 bits per heavy atom. The van der Waals surface area contributed by atoms with Crippen LogP contribution in [-0.2, 0) is 0 Å². The Morgan fingerprint density at radius 3 is 2.56 bits per heavy atom. The summed E-state index contributed by atoms with van der Waals surface area (Å²) in [7, 11) is 0. The molecule has 0 fully saturated rings. The van der Waals surface area contributed by atoms with Gasteiger partial charge < -0.3 is 4.74 Å². The zero-order valence-electron chi connectivity index (χ0n) is 9.15. The van der Waals surface area contributed by atoms with Gasteiger partial charge in [0.25, 0.3) is 0 Å². The first kappa shape index (κ1) is 14.7. The van der Waals surface area contributed by atoms with E-state index in [1.165, 1.54) is 12.1 Å². The Morgan fingerprint density at radius 1 is 1.28 bits per heavy atom. The van der Waals surface area contributed by atoms with Crippen molar-refractivity contribution in [2.24, 2.45) is 0 Å². The molecule has 0 spiro atoms. The van der Waals surface area contributed by atoms with Gasteiger partial charge in [-0.2, -0.15) is 13.2 Å². The fraction of sp³-hybridized carbons (Fsp3) is 0.333. The van der Waals surface area contributed by atoms with E-state index in [1.807, 2.05) is 0 Å². The van der Waals surface area contributed by atoms with E-state index in [1.54, 1.807) is 0 Å². The summed E-state index contributed by atoms with van der Waals surface area (Å²) in [5.74, 6) is 4.40. The molecule has 98 valence electrons. The normalized spacial score (nSPS) is 10.7. The van der Waals surface area contributed by atoms with Gasteiger partial charge in [-0.05, 0) is 12.1 Å². The third-order valence-electron chi connectivity index (χ3n) is 1.88. The van der Waals surface area contributed by atoms with Crippen LogP contribution in [0.4, 0.5) is 17.6 Å². The Bertz CT molecular complexity index is 459. The van der Waals surface area contributed by atoms with Crippen LogP contribution in [0.5, 0.6) is 5.75 Å². The summed E-state index contributed by atoms with van der Waals surface area (Å²) in [5.41, 5.74) is 0.124. The van der Waals surface area contributed by atoms with E-state index in [0.29, 0.717) is 0 Å². The summed E-state index contributed by atoms with van der Waals surface area (Å²) < 4.78 is 53.7. The molecule has 0 N–H and O–H groups in total. The second kappa shape index (κ2) is 6.50. The van der Waals surface area contributed by atoms with Gasteiger partial charge in [-0.1, -0.05) is 11.8 Å². The first-order chi connectivity index (χ1) is 8.42. The minimum absolute atomic E-state index is 0.0353. The van der Waals surface area contributed by atoms with Crippen molar-refractivity contribution < 1.29 is 22.3 Å². The van der Waals surface area contributed by atoms with Gasteiger partial charge in [0.2, 0.25) is 0 Å². The molecule has 1 aromatic rings. The standard InChI is InChI=1S/C12H9ClF4O/c13-6-1-2-9-3-4-10(8-11(9)14)18-7-5-12(15,16)17/h3-4,8H,5-7H2. The summed E-state index contributed by atoms with van der Waals surface area (Å²) in [5, 5.41) is 0. The van der Waals surface area contributed by atoms with Crippen molar-refractivity contribution in [2.45, 2.75) is 12.6 Å². The van der Waals surface area contributed by atoms with Crippen molar-refractivity contribution in [3.63, 3.8) is 0 Å². The molecule has 0 saturated carbocycles. The monoisotopic (exact) mass is 280 g/mol. The highest BCUT2D eigenvalue weighted by Gasteiger charge is 2.26. The molecule has 6 heteroatoms. The molecule has 0 amide bonds. The summed E-state index contributed by atoms with van der Waals surface area (Å²) in [6.07, 6.45) is -5.37. The molecule has 0 radical (unpaired) electrons. The van der Waals surface area contributed by atoms with Gasteiger partial charge >= 0.3 is 6.18 Å². The quantitative estimate of drug-likeness (QED) is 0.465. The van der Waals surface area contributed by atoms with E-state index in [-0.39, 0.29) is 17.2 Å². The van der Waals surface area contributed by atoms with Gasteiger partial charge in [-0.3, -0.25) is 0 Å². The summed E-state index contributed by atoms with van der Waals surface area (Å²) >= 11 is 5.32. The van der Waals surface area contributed by atoms with Crippen LogP contribution >= 0.6 is 11.6 Å². The molecule has 1 nitrogen and oxygen atoms in total. The molecule has 0 heterocycles. The lowest BCUT2D eigenvalue weighted by molar-refractivity contribution is -0.139. The van der Waals surface area contributed by atoms with Crippen molar-refractivity contribution >= 4 is 11.6 Å². The maximum atomic E-state index is 13.4. The maximum absolute atomic E-state index is 13.4. The first-order valence-corrected chi connectivity index (χ1v) is 5.50. The smallest absolute Gasteiger partial charge is 0.392 e. The zero-order chi connectivity index (χ0) is 13.6.